The Morgan fingerprint density at radius 1 is 1.38 bits per heavy atom. The lowest BCUT2D eigenvalue weighted by molar-refractivity contribution is -0.126. The molecule has 13 heavy (non-hydrogen) atoms. The van der Waals surface area contributed by atoms with Crippen molar-refractivity contribution in [2.24, 2.45) is 11.7 Å². The average molecular weight is 186 g/mol. The van der Waals surface area contributed by atoms with E-state index < -0.39 is 11.4 Å². The van der Waals surface area contributed by atoms with E-state index in [4.69, 9.17) is 5.73 Å². The van der Waals surface area contributed by atoms with Crippen molar-refractivity contribution < 1.29 is 9.59 Å². The second kappa shape index (κ2) is 4.25. The number of hydrogen-bond donors (Lipinski definition) is 2. The Bertz CT molecular complexity index is 210. The third-order valence-corrected chi connectivity index (χ3v) is 1.60. The van der Waals surface area contributed by atoms with Gasteiger partial charge in [0.25, 0.3) is 0 Å². The number of nitrogens with two attached hydrogens (primary N) is 1. The maximum absolute atomic E-state index is 11.3. The van der Waals surface area contributed by atoms with E-state index >= 15 is 0 Å². The van der Waals surface area contributed by atoms with Gasteiger partial charge >= 0.3 is 0 Å². The van der Waals surface area contributed by atoms with E-state index in [1.165, 1.54) is 0 Å². The lowest BCUT2D eigenvalue weighted by Gasteiger charge is -2.25. The van der Waals surface area contributed by atoms with Crippen LogP contribution in [0.15, 0.2) is 0 Å². The van der Waals surface area contributed by atoms with Crippen molar-refractivity contribution >= 4 is 11.8 Å². The Balaban J connectivity index is 4.16. The first-order valence-electron chi connectivity index (χ1n) is 4.35. The summed E-state index contributed by atoms with van der Waals surface area (Å²) in [6.45, 7) is 7.15. The molecule has 0 atom stereocenters. The van der Waals surface area contributed by atoms with Crippen molar-refractivity contribution in [3.05, 3.63) is 0 Å². The first kappa shape index (κ1) is 11.9. The van der Waals surface area contributed by atoms with Crippen molar-refractivity contribution in [1.82, 2.24) is 5.32 Å². The van der Waals surface area contributed by atoms with Gasteiger partial charge in [-0.3, -0.25) is 9.59 Å². The molecule has 0 radical (unpaired) electrons. The quantitative estimate of drug-likeness (QED) is 0.667. The lowest BCUT2D eigenvalue weighted by atomic mass is 9.99. The monoisotopic (exact) mass is 186 g/mol. The molecule has 0 aliphatic rings. The van der Waals surface area contributed by atoms with Crippen LogP contribution in [0.5, 0.6) is 0 Å². The Morgan fingerprint density at radius 2 is 1.85 bits per heavy atom. The Morgan fingerprint density at radius 3 is 2.15 bits per heavy atom. The first-order chi connectivity index (χ1) is 5.74. The number of carbonyl (C=O) groups is 2. The van der Waals surface area contributed by atoms with Gasteiger partial charge in [-0.25, -0.2) is 0 Å². The molecule has 0 rings (SSSR count). The molecule has 0 heterocycles. The third kappa shape index (κ3) is 5.22. The summed E-state index contributed by atoms with van der Waals surface area (Å²) >= 11 is 0. The number of amides is 2. The van der Waals surface area contributed by atoms with Gasteiger partial charge in [-0.2, -0.15) is 0 Å². The van der Waals surface area contributed by atoms with E-state index in [1.807, 2.05) is 0 Å². The van der Waals surface area contributed by atoms with Crippen molar-refractivity contribution in [3.8, 4) is 0 Å². The average Bonchev–Trinajstić information content (AvgIpc) is 1.81. The molecule has 76 valence electrons. The second-order valence-corrected chi connectivity index (χ2v) is 4.17. The fraction of sp³-hybridized carbons (Fsp3) is 0.778. The Kier molecular flexibility index (Phi) is 3.91. The fourth-order valence-electron chi connectivity index (χ4n) is 0.958. The van der Waals surface area contributed by atoms with Gasteiger partial charge in [0.2, 0.25) is 11.8 Å². The predicted molar refractivity (Wildman–Crippen MR) is 50.9 cm³/mol. The Hall–Kier alpha value is -1.06. The van der Waals surface area contributed by atoms with Crippen LogP contribution >= 0.6 is 0 Å². The van der Waals surface area contributed by atoms with Crippen molar-refractivity contribution in [2.45, 2.75) is 39.7 Å². The number of rotatable bonds is 4. The summed E-state index contributed by atoms with van der Waals surface area (Å²) < 4.78 is 0. The normalized spacial score (nSPS) is 11.5. The summed E-state index contributed by atoms with van der Waals surface area (Å²) in [5.41, 5.74) is 4.49. The highest BCUT2D eigenvalue weighted by Gasteiger charge is 2.23. The largest absolute Gasteiger partial charge is 0.370 e. The van der Waals surface area contributed by atoms with E-state index in [0.717, 1.165) is 0 Å². The van der Waals surface area contributed by atoms with Crippen LogP contribution in [0.4, 0.5) is 0 Å². The molecule has 0 aliphatic heterocycles. The molecule has 0 saturated carbocycles. The smallest absolute Gasteiger partial charge is 0.222 e. The molecular formula is C9H18N2O2. The van der Waals surface area contributed by atoms with E-state index in [1.54, 1.807) is 27.7 Å². The van der Waals surface area contributed by atoms with Gasteiger partial charge in [-0.15, -0.1) is 0 Å². The van der Waals surface area contributed by atoms with Crippen LogP contribution < -0.4 is 11.1 Å². The molecule has 0 bridgehead atoms. The topological polar surface area (TPSA) is 72.2 Å². The summed E-state index contributed by atoms with van der Waals surface area (Å²) in [4.78, 5) is 21.9. The highest BCUT2D eigenvalue weighted by molar-refractivity contribution is 5.80. The standard InChI is InChI=1S/C9H18N2O2/c1-6(2)8(13)11-9(3,4)5-7(10)12/h6H,5H2,1-4H3,(H2,10,12)(H,11,13). The van der Waals surface area contributed by atoms with Gasteiger partial charge in [-0.05, 0) is 13.8 Å². The number of carbonyl (C=O) groups excluding carboxylic acids is 2. The van der Waals surface area contributed by atoms with Gasteiger partial charge in [0.05, 0.1) is 0 Å². The van der Waals surface area contributed by atoms with Crippen LogP contribution in [0.2, 0.25) is 0 Å². The van der Waals surface area contributed by atoms with Gasteiger partial charge in [0.1, 0.15) is 0 Å². The highest BCUT2D eigenvalue weighted by atomic mass is 16.2. The number of hydrogen-bond acceptors (Lipinski definition) is 2. The SMILES string of the molecule is CC(C)C(=O)NC(C)(C)CC(N)=O. The summed E-state index contributed by atoms with van der Waals surface area (Å²) in [5, 5.41) is 2.75. The molecule has 4 nitrogen and oxygen atoms in total. The van der Waals surface area contributed by atoms with Crippen molar-refractivity contribution in [3.63, 3.8) is 0 Å². The van der Waals surface area contributed by atoms with E-state index in [-0.39, 0.29) is 18.2 Å². The minimum Gasteiger partial charge on any atom is -0.370 e. The molecule has 0 fully saturated rings. The van der Waals surface area contributed by atoms with Crippen molar-refractivity contribution in [2.75, 3.05) is 0 Å². The van der Waals surface area contributed by atoms with Crippen molar-refractivity contribution in [1.29, 1.82) is 0 Å². The maximum Gasteiger partial charge on any atom is 0.222 e. The molecule has 0 aromatic heterocycles. The van der Waals surface area contributed by atoms with Crippen LogP contribution in [0.3, 0.4) is 0 Å². The molecule has 0 spiro atoms. The summed E-state index contributed by atoms with van der Waals surface area (Å²) in [5.74, 6) is -0.549. The molecule has 2 amide bonds. The summed E-state index contributed by atoms with van der Waals surface area (Å²) in [6.07, 6.45) is 0.158. The minimum absolute atomic E-state index is 0.0637. The molecule has 0 unspecified atom stereocenters. The van der Waals surface area contributed by atoms with Crippen LogP contribution in [0, 0.1) is 5.92 Å². The molecule has 0 aliphatic carbocycles. The van der Waals surface area contributed by atoms with E-state index in [9.17, 15) is 9.59 Å². The van der Waals surface area contributed by atoms with Gasteiger partial charge in [0.15, 0.2) is 0 Å². The number of nitrogens with one attached hydrogen (secondary N) is 1. The fourth-order valence-corrected chi connectivity index (χ4v) is 0.958. The molecule has 0 aromatic rings. The van der Waals surface area contributed by atoms with Gasteiger partial charge in [0, 0.05) is 17.9 Å². The molecule has 3 N–H and O–H groups in total. The van der Waals surface area contributed by atoms with Crippen LogP contribution in [-0.2, 0) is 9.59 Å². The zero-order chi connectivity index (χ0) is 10.6. The second-order valence-electron chi connectivity index (χ2n) is 4.17. The third-order valence-electron chi connectivity index (χ3n) is 1.60. The number of primary amides is 1. The zero-order valence-corrected chi connectivity index (χ0v) is 8.68. The van der Waals surface area contributed by atoms with Gasteiger partial charge < -0.3 is 11.1 Å². The molecular weight excluding hydrogens is 168 g/mol. The Labute approximate surface area is 78.9 Å². The first-order valence-corrected chi connectivity index (χ1v) is 4.35. The van der Waals surface area contributed by atoms with E-state index in [2.05, 4.69) is 5.32 Å². The lowest BCUT2D eigenvalue weighted by Crippen LogP contribution is -2.47. The van der Waals surface area contributed by atoms with Crippen LogP contribution in [0.1, 0.15) is 34.1 Å². The molecule has 4 heteroatoms. The molecule has 0 aromatic carbocycles. The van der Waals surface area contributed by atoms with E-state index in [0.29, 0.717) is 0 Å². The molecule has 0 saturated heterocycles. The summed E-state index contributed by atoms with van der Waals surface area (Å²) in [6, 6.07) is 0. The maximum atomic E-state index is 11.3. The van der Waals surface area contributed by atoms with Crippen LogP contribution in [0.25, 0.3) is 0 Å². The summed E-state index contributed by atoms with van der Waals surface area (Å²) in [7, 11) is 0. The predicted octanol–water partition coefficient (Wildman–Crippen LogP) is 0.413. The van der Waals surface area contributed by atoms with Crippen LogP contribution in [-0.4, -0.2) is 17.4 Å². The van der Waals surface area contributed by atoms with Gasteiger partial charge in [-0.1, -0.05) is 13.8 Å². The zero-order valence-electron chi connectivity index (χ0n) is 8.68. The highest BCUT2D eigenvalue weighted by Crippen LogP contribution is 2.08. The minimum atomic E-state index is -0.548.